The summed E-state index contributed by atoms with van der Waals surface area (Å²) in [6, 6.07) is 6.20. The molecule has 2 aliphatic rings. The van der Waals surface area contributed by atoms with Crippen molar-refractivity contribution in [2.24, 2.45) is 10.4 Å². The van der Waals surface area contributed by atoms with E-state index in [1.165, 1.54) is 25.7 Å². The molecule has 0 amide bonds. The summed E-state index contributed by atoms with van der Waals surface area (Å²) in [6.07, 6.45) is 7.40. The first-order valence-electron chi connectivity index (χ1n) is 9.53. The Bertz CT molecular complexity index is 800. The number of pyridine rings is 1. The van der Waals surface area contributed by atoms with Gasteiger partial charge in [0.05, 0.1) is 5.69 Å². The van der Waals surface area contributed by atoms with E-state index < -0.39 is 0 Å². The zero-order valence-corrected chi connectivity index (χ0v) is 16.0. The molecular weight excluding hydrogens is 324 g/mol. The lowest BCUT2D eigenvalue weighted by Crippen LogP contribution is -2.42. The molecular formula is C20H28N6. The Morgan fingerprint density at radius 1 is 1.27 bits per heavy atom. The van der Waals surface area contributed by atoms with Crippen LogP contribution in [0.1, 0.15) is 42.6 Å². The molecule has 0 atom stereocenters. The van der Waals surface area contributed by atoms with E-state index in [0.29, 0.717) is 5.41 Å². The number of hydrogen-bond acceptors (Lipinski definition) is 3. The van der Waals surface area contributed by atoms with Crippen molar-refractivity contribution in [3.63, 3.8) is 0 Å². The van der Waals surface area contributed by atoms with E-state index in [9.17, 15) is 0 Å². The summed E-state index contributed by atoms with van der Waals surface area (Å²) < 4.78 is 1.88. The predicted molar refractivity (Wildman–Crippen MR) is 104 cm³/mol. The quantitative estimate of drug-likeness (QED) is 0.682. The lowest BCUT2D eigenvalue weighted by molar-refractivity contribution is 0.151. The standard InChI is InChI=1S/C20H28N6/c1-15-11-16(2)26(24-15)18-6-5-17(12-22-18)13-23-19(21-3)25-10-9-20(14-25)7-4-8-20/h5-6,11-12H,4,7-10,13-14H2,1-3H3,(H,21,23). The maximum absolute atomic E-state index is 4.58. The second-order valence-electron chi connectivity index (χ2n) is 7.79. The molecule has 6 heteroatoms. The van der Waals surface area contributed by atoms with Gasteiger partial charge in [-0.25, -0.2) is 9.67 Å². The zero-order valence-electron chi connectivity index (χ0n) is 16.0. The summed E-state index contributed by atoms with van der Waals surface area (Å²) >= 11 is 0. The molecule has 6 nitrogen and oxygen atoms in total. The Labute approximate surface area is 155 Å². The molecule has 2 aromatic rings. The molecule has 2 aromatic heterocycles. The van der Waals surface area contributed by atoms with Crippen molar-refractivity contribution in [2.75, 3.05) is 20.1 Å². The number of aromatic nitrogens is 3. The van der Waals surface area contributed by atoms with Gasteiger partial charge in [-0.15, -0.1) is 0 Å². The third-order valence-electron chi connectivity index (χ3n) is 5.85. The molecule has 1 spiro atoms. The summed E-state index contributed by atoms with van der Waals surface area (Å²) in [7, 11) is 1.87. The minimum absolute atomic E-state index is 0.584. The van der Waals surface area contributed by atoms with Crippen LogP contribution in [0.2, 0.25) is 0 Å². The molecule has 1 N–H and O–H groups in total. The van der Waals surface area contributed by atoms with Crippen LogP contribution in [0.25, 0.3) is 5.82 Å². The van der Waals surface area contributed by atoms with Gasteiger partial charge in [-0.1, -0.05) is 12.5 Å². The largest absolute Gasteiger partial charge is 0.352 e. The van der Waals surface area contributed by atoms with Gasteiger partial charge in [0.2, 0.25) is 0 Å². The topological polar surface area (TPSA) is 58.3 Å². The molecule has 1 aliphatic heterocycles. The molecule has 2 fully saturated rings. The predicted octanol–water partition coefficient (Wildman–Crippen LogP) is 2.84. The normalized spacial score (nSPS) is 19.0. The third kappa shape index (κ3) is 3.20. The molecule has 0 bridgehead atoms. The van der Waals surface area contributed by atoms with Crippen LogP contribution >= 0.6 is 0 Å². The Balaban J connectivity index is 1.37. The maximum Gasteiger partial charge on any atom is 0.193 e. The van der Waals surface area contributed by atoms with E-state index in [1.807, 2.05) is 37.8 Å². The van der Waals surface area contributed by atoms with E-state index >= 15 is 0 Å². The first-order valence-corrected chi connectivity index (χ1v) is 9.53. The van der Waals surface area contributed by atoms with Crippen molar-refractivity contribution in [2.45, 2.75) is 46.1 Å². The second-order valence-corrected chi connectivity index (χ2v) is 7.79. The first-order chi connectivity index (χ1) is 12.6. The van der Waals surface area contributed by atoms with Gasteiger partial charge < -0.3 is 10.2 Å². The number of nitrogens with one attached hydrogen (secondary N) is 1. The number of aryl methyl sites for hydroxylation is 2. The minimum atomic E-state index is 0.584. The molecule has 1 saturated carbocycles. The number of likely N-dealkylation sites (tertiary alicyclic amines) is 1. The summed E-state index contributed by atoms with van der Waals surface area (Å²) in [5.74, 6) is 1.87. The molecule has 0 unspecified atom stereocenters. The lowest BCUT2D eigenvalue weighted by atomic mass is 9.68. The fraction of sp³-hybridized carbons (Fsp3) is 0.550. The van der Waals surface area contributed by atoms with Crippen molar-refractivity contribution in [1.82, 2.24) is 25.0 Å². The Hall–Kier alpha value is -2.37. The Kier molecular flexibility index (Phi) is 4.42. The van der Waals surface area contributed by atoms with Gasteiger partial charge in [-0.2, -0.15) is 5.10 Å². The van der Waals surface area contributed by atoms with Crippen LogP contribution in [0.15, 0.2) is 29.4 Å². The highest BCUT2D eigenvalue weighted by atomic mass is 15.3. The number of rotatable bonds is 3. The van der Waals surface area contributed by atoms with Gasteiger partial charge >= 0.3 is 0 Å². The van der Waals surface area contributed by atoms with Crippen LogP contribution in [0.5, 0.6) is 0 Å². The fourth-order valence-electron chi connectivity index (χ4n) is 4.22. The van der Waals surface area contributed by atoms with Crippen molar-refractivity contribution in [3.8, 4) is 5.82 Å². The van der Waals surface area contributed by atoms with E-state index in [0.717, 1.165) is 48.4 Å². The van der Waals surface area contributed by atoms with Crippen molar-refractivity contribution in [3.05, 3.63) is 41.3 Å². The average molecular weight is 352 g/mol. The summed E-state index contributed by atoms with van der Waals surface area (Å²) in [6.45, 7) is 7.06. The van der Waals surface area contributed by atoms with Gasteiger partial charge in [0.15, 0.2) is 11.8 Å². The molecule has 138 valence electrons. The SMILES string of the molecule is CN=C(NCc1ccc(-n2nc(C)cc2C)nc1)N1CCC2(CCC2)C1. The zero-order chi connectivity index (χ0) is 18.1. The molecule has 4 rings (SSSR count). The minimum Gasteiger partial charge on any atom is -0.352 e. The molecule has 1 aliphatic carbocycles. The van der Waals surface area contributed by atoms with Crippen molar-refractivity contribution in [1.29, 1.82) is 0 Å². The summed E-state index contributed by atoms with van der Waals surface area (Å²) in [5, 5.41) is 7.99. The number of hydrogen-bond donors (Lipinski definition) is 1. The van der Waals surface area contributed by atoms with Crippen LogP contribution in [-0.4, -0.2) is 45.8 Å². The average Bonchev–Trinajstić information content (AvgIpc) is 3.20. The van der Waals surface area contributed by atoms with Gasteiger partial charge in [-0.05, 0) is 56.2 Å². The van der Waals surface area contributed by atoms with E-state index in [2.05, 4.69) is 37.4 Å². The second kappa shape index (κ2) is 6.74. The molecule has 0 aromatic carbocycles. The number of aliphatic imine (C=N–C) groups is 1. The highest BCUT2D eigenvalue weighted by Crippen LogP contribution is 2.47. The van der Waals surface area contributed by atoms with Crippen molar-refractivity contribution >= 4 is 5.96 Å². The van der Waals surface area contributed by atoms with Gasteiger partial charge in [-0.3, -0.25) is 4.99 Å². The smallest absolute Gasteiger partial charge is 0.193 e. The van der Waals surface area contributed by atoms with E-state index in [1.54, 1.807) is 0 Å². The monoisotopic (exact) mass is 352 g/mol. The van der Waals surface area contributed by atoms with Gasteiger partial charge in [0, 0.05) is 38.6 Å². The van der Waals surface area contributed by atoms with E-state index in [-0.39, 0.29) is 0 Å². The Morgan fingerprint density at radius 3 is 2.65 bits per heavy atom. The van der Waals surface area contributed by atoms with Crippen LogP contribution in [0.4, 0.5) is 0 Å². The summed E-state index contributed by atoms with van der Waals surface area (Å²) in [5.41, 5.74) is 3.84. The number of nitrogens with zero attached hydrogens (tertiary/aromatic N) is 5. The highest BCUT2D eigenvalue weighted by molar-refractivity contribution is 5.80. The summed E-state index contributed by atoms with van der Waals surface area (Å²) in [4.78, 5) is 11.5. The third-order valence-corrected chi connectivity index (χ3v) is 5.85. The molecule has 3 heterocycles. The molecule has 0 radical (unpaired) electrons. The highest BCUT2D eigenvalue weighted by Gasteiger charge is 2.43. The van der Waals surface area contributed by atoms with E-state index in [4.69, 9.17) is 0 Å². The van der Waals surface area contributed by atoms with Crippen molar-refractivity contribution < 1.29 is 0 Å². The van der Waals surface area contributed by atoms with Crippen LogP contribution in [-0.2, 0) is 6.54 Å². The molecule has 26 heavy (non-hydrogen) atoms. The van der Waals surface area contributed by atoms with Crippen LogP contribution in [0, 0.1) is 19.3 Å². The van der Waals surface area contributed by atoms with Gasteiger partial charge in [0.1, 0.15) is 0 Å². The number of guanidine groups is 1. The first kappa shape index (κ1) is 17.1. The fourth-order valence-corrected chi connectivity index (χ4v) is 4.22. The lowest BCUT2D eigenvalue weighted by Gasteiger charge is -2.38. The van der Waals surface area contributed by atoms with Crippen LogP contribution < -0.4 is 5.32 Å². The Morgan fingerprint density at radius 2 is 2.12 bits per heavy atom. The van der Waals surface area contributed by atoms with Crippen LogP contribution in [0.3, 0.4) is 0 Å². The molecule has 1 saturated heterocycles. The maximum atomic E-state index is 4.58. The van der Waals surface area contributed by atoms with Gasteiger partial charge in [0.25, 0.3) is 0 Å².